The maximum absolute atomic E-state index is 14.4. The number of fused-ring (bicyclic) bond motifs is 1. The number of anilines is 1. The zero-order valence-electron chi connectivity index (χ0n) is 14.9. The highest BCUT2D eigenvalue weighted by Crippen LogP contribution is 2.22. The van der Waals surface area contributed by atoms with Crippen LogP contribution in [0, 0.1) is 11.6 Å². The van der Waals surface area contributed by atoms with Crippen LogP contribution in [0.3, 0.4) is 0 Å². The summed E-state index contributed by atoms with van der Waals surface area (Å²) in [5, 5.41) is 11.9. The van der Waals surface area contributed by atoms with Crippen LogP contribution in [0.5, 0.6) is 0 Å². The molecule has 4 rings (SSSR count). The molecule has 148 valence electrons. The van der Waals surface area contributed by atoms with Crippen LogP contribution in [0.2, 0.25) is 0 Å². The number of carbonyl (C=O) groups excluding carboxylic acids is 1. The molecule has 1 atom stereocenters. The molecule has 4 heterocycles. The van der Waals surface area contributed by atoms with Gasteiger partial charge in [0.1, 0.15) is 17.2 Å². The summed E-state index contributed by atoms with van der Waals surface area (Å²) < 4.78 is 28.6. The summed E-state index contributed by atoms with van der Waals surface area (Å²) in [5.74, 6) is -3.79. The van der Waals surface area contributed by atoms with Crippen LogP contribution in [-0.2, 0) is 0 Å². The normalized spacial score (nSPS) is 16.3. The van der Waals surface area contributed by atoms with E-state index >= 15 is 0 Å². The smallest absolute Gasteiger partial charge is 0.341 e. The van der Waals surface area contributed by atoms with Gasteiger partial charge < -0.3 is 10.4 Å². The first-order valence-corrected chi connectivity index (χ1v) is 8.45. The predicted octanol–water partition coefficient (Wildman–Crippen LogP) is 1.68. The van der Waals surface area contributed by atoms with Crippen molar-refractivity contribution in [3.8, 4) is 5.82 Å². The number of carboxylic acids is 1. The summed E-state index contributed by atoms with van der Waals surface area (Å²) in [5.41, 5.74) is -1.59. The number of nitrogens with one attached hydrogen (secondary N) is 1. The predicted molar refractivity (Wildman–Crippen MR) is 97.4 cm³/mol. The van der Waals surface area contributed by atoms with E-state index in [1.54, 1.807) is 6.92 Å². The summed E-state index contributed by atoms with van der Waals surface area (Å²) >= 11 is 0. The Bertz CT molecular complexity index is 1240. The number of aromatic nitrogens is 3. The molecule has 0 aliphatic carbocycles. The lowest BCUT2D eigenvalue weighted by atomic mass is 10.2. The van der Waals surface area contributed by atoms with Gasteiger partial charge in [0.15, 0.2) is 17.3 Å². The van der Waals surface area contributed by atoms with Crippen LogP contribution in [0.4, 0.5) is 19.4 Å². The number of nitrogens with zero attached hydrogens (tertiary/aromatic N) is 4. The molecule has 1 saturated heterocycles. The molecular formula is C18H13F2N5O4. The molecule has 1 fully saturated rings. The molecule has 0 unspecified atom stereocenters. The van der Waals surface area contributed by atoms with Crippen molar-refractivity contribution in [2.45, 2.75) is 13.0 Å². The van der Waals surface area contributed by atoms with Crippen LogP contribution < -0.4 is 15.6 Å². The van der Waals surface area contributed by atoms with Crippen molar-refractivity contribution in [3.05, 3.63) is 58.0 Å². The number of pyridine rings is 3. The average molecular weight is 401 g/mol. The van der Waals surface area contributed by atoms with E-state index < -0.39 is 40.4 Å². The molecule has 3 aromatic heterocycles. The molecule has 3 aromatic rings. The maximum Gasteiger partial charge on any atom is 0.341 e. The van der Waals surface area contributed by atoms with Gasteiger partial charge in [-0.3, -0.25) is 14.3 Å². The molecule has 29 heavy (non-hydrogen) atoms. The van der Waals surface area contributed by atoms with Gasteiger partial charge in [-0.15, -0.1) is 0 Å². The number of aromatic carboxylic acids is 1. The van der Waals surface area contributed by atoms with Gasteiger partial charge in [0.2, 0.25) is 5.43 Å². The van der Waals surface area contributed by atoms with Crippen LogP contribution in [0.1, 0.15) is 17.3 Å². The van der Waals surface area contributed by atoms with Gasteiger partial charge in [-0.05, 0) is 19.1 Å². The fourth-order valence-electron chi connectivity index (χ4n) is 3.13. The molecule has 0 spiro atoms. The molecule has 1 aliphatic heterocycles. The molecule has 11 heteroatoms. The lowest BCUT2D eigenvalue weighted by Crippen LogP contribution is -2.29. The van der Waals surface area contributed by atoms with E-state index in [0.717, 1.165) is 17.0 Å². The Morgan fingerprint density at radius 3 is 2.69 bits per heavy atom. The number of amides is 2. The number of hydrogen-bond donors (Lipinski definition) is 2. The first-order valence-electron chi connectivity index (χ1n) is 8.45. The van der Waals surface area contributed by atoms with Crippen LogP contribution in [0.15, 0.2) is 35.4 Å². The Labute approximate surface area is 161 Å². The van der Waals surface area contributed by atoms with Gasteiger partial charge in [0.05, 0.1) is 11.6 Å². The van der Waals surface area contributed by atoms with Crippen LogP contribution in [-0.4, -0.2) is 44.2 Å². The standard InChI is InChI=1S/C18H13F2N5O4/c1-8-6-24(18(29)22-8)13-3-2-10-14(26)11(17(27)28)7-25(15(10)23-13)16-12(20)4-9(19)5-21-16/h2-5,7-8H,6H2,1H3,(H,22,29)(H,27,28)/t8-/m1/s1. The highest BCUT2D eigenvalue weighted by molar-refractivity contribution is 5.96. The quantitative estimate of drug-likeness (QED) is 0.690. The van der Waals surface area contributed by atoms with Crippen molar-refractivity contribution in [2.75, 3.05) is 11.4 Å². The van der Waals surface area contributed by atoms with Crippen molar-refractivity contribution in [1.82, 2.24) is 19.9 Å². The summed E-state index contributed by atoms with van der Waals surface area (Å²) in [6, 6.07) is 2.75. The number of carbonyl (C=O) groups is 2. The molecule has 2 amide bonds. The third-order valence-electron chi connectivity index (χ3n) is 4.43. The van der Waals surface area contributed by atoms with Crippen LogP contribution in [0.25, 0.3) is 16.9 Å². The van der Waals surface area contributed by atoms with E-state index in [2.05, 4.69) is 15.3 Å². The van der Waals surface area contributed by atoms with E-state index in [-0.39, 0.29) is 22.9 Å². The maximum atomic E-state index is 14.4. The second kappa shape index (κ2) is 6.62. The Hall–Kier alpha value is -3.89. The number of hydrogen-bond acceptors (Lipinski definition) is 5. The van der Waals surface area contributed by atoms with E-state index in [4.69, 9.17) is 0 Å². The fourth-order valence-corrected chi connectivity index (χ4v) is 3.13. The first kappa shape index (κ1) is 18.5. The first-order chi connectivity index (χ1) is 13.8. The molecule has 1 aliphatic rings. The number of urea groups is 1. The van der Waals surface area contributed by atoms with Gasteiger partial charge in [0, 0.05) is 24.8 Å². The lowest BCUT2D eigenvalue weighted by Gasteiger charge is -2.16. The number of rotatable bonds is 3. The Morgan fingerprint density at radius 2 is 2.07 bits per heavy atom. The van der Waals surface area contributed by atoms with Crippen molar-refractivity contribution < 1.29 is 23.5 Å². The Kier molecular flexibility index (Phi) is 4.22. The molecule has 0 aromatic carbocycles. The zero-order valence-corrected chi connectivity index (χ0v) is 14.9. The molecule has 2 N–H and O–H groups in total. The molecule has 9 nitrogen and oxygen atoms in total. The summed E-state index contributed by atoms with van der Waals surface area (Å²) in [7, 11) is 0. The summed E-state index contributed by atoms with van der Waals surface area (Å²) in [4.78, 5) is 45.4. The van der Waals surface area contributed by atoms with Gasteiger partial charge in [-0.25, -0.2) is 28.3 Å². The SMILES string of the molecule is C[C@@H]1CN(c2ccc3c(=O)c(C(=O)O)cn(-c4ncc(F)cc4F)c3n2)C(=O)N1. The van der Waals surface area contributed by atoms with Crippen LogP contribution >= 0.6 is 0 Å². The molecule has 0 bridgehead atoms. The molecule has 0 radical (unpaired) electrons. The molecule has 0 saturated carbocycles. The Balaban J connectivity index is 2.02. The highest BCUT2D eigenvalue weighted by Gasteiger charge is 2.28. The van der Waals surface area contributed by atoms with E-state index in [9.17, 15) is 28.3 Å². The topological polar surface area (TPSA) is 117 Å². The number of halogens is 2. The van der Waals surface area contributed by atoms with E-state index in [1.165, 1.54) is 17.0 Å². The van der Waals surface area contributed by atoms with Crippen molar-refractivity contribution >= 4 is 28.9 Å². The highest BCUT2D eigenvalue weighted by atomic mass is 19.1. The monoisotopic (exact) mass is 401 g/mol. The molecular weight excluding hydrogens is 388 g/mol. The minimum absolute atomic E-state index is 0.119. The van der Waals surface area contributed by atoms with Gasteiger partial charge >= 0.3 is 12.0 Å². The van der Waals surface area contributed by atoms with Crippen molar-refractivity contribution in [1.29, 1.82) is 0 Å². The summed E-state index contributed by atoms with van der Waals surface area (Å²) in [6.07, 6.45) is 1.63. The van der Waals surface area contributed by atoms with E-state index in [1.807, 2.05) is 0 Å². The summed E-state index contributed by atoms with van der Waals surface area (Å²) in [6.45, 7) is 2.11. The third kappa shape index (κ3) is 3.06. The minimum atomic E-state index is -1.52. The second-order valence-electron chi connectivity index (χ2n) is 6.51. The fraction of sp³-hybridized carbons (Fsp3) is 0.167. The number of carboxylic acid groups (broad SMARTS) is 1. The third-order valence-corrected chi connectivity index (χ3v) is 4.43. The zero-order chi connectivity index (χ0) is 20.9. The van der Waals surface area contributed by atoms with Crippen molar-refractivity contribution in [2.24, 2.45) is 0 Å². The Morgan fingerprint density at radius 1 is 1.31 bits per heavy atom. The van der Waals surface area contributed by atoms with Crippen molar-refractivity contribution in [3.63, 3.8) is 0 Å². The van der Waals surface area contributed by atoms with Gasteiger partial charge in [-0.1, -0.05) is 0 Å². The largest absolute Gasteiger partial charge is 0.477 e. The minimum Gasteiger partial charge on any atom is -0.477 e. The van der Waals surface area contributed by atoms with Gasteiger partial charge in [0.25, 0.3) is 0 Å². The van der Waals surface area contributed by atoms with E-state index in [0.29, 0.717) is 12.6 Å². The second-order valence-corrected chi connectivity index (χ2v) is 6.51. The lowest BCUT2D eigenvalue weighted by molar-refractivity contribution is 0.0695. The van der Waals surface area contributed by atoms with Gasteiger partial charge in [-0.2, -0.15) is 0 Å². The average Bonchev–Trinajstić information content (AvgIpc) is 3.00.